The molecule has 1 aliphatic heterocycles. The van der Waals surface area contributed by atoms with E-state index in [1.54, 1.807) is 24.4 Å². The fourth-order valence-electron chi connectivity index (χ4n) is 2.95. The van der Waals surface area contributed by atoms with Crippen molar-refractivity contribution in [2.24, 2.45) is 0 Å². The Kier molecular flexibility index (Phi) is 4.70. The molecule has 0 saturated carbocycles. The predicted octanol–water partition coefficient (Wildman–Crippen LogP) is 3.61. The summed E-state index contributed by atoms with van der Waals surface area (Å²) >= 11 is 0. The van der Waals surface area contributed by atoms with Gasteiger partial charge in [0.1, 0.15) is 13.2 Å². The zero-order valence-corrected chi connectivity index (χ0v) is 14.6. The highest BCUT2D eigenvalue weighted by atomic mass is 16.6. The zero-order valence-electron chi connectivity index (χ0n) is 14.6. The Morgan fingerprint density at radius 1 is 0.963 bits per heavy atom. The Labute approximate surface area is 156 Å². The largest absolute Gasteiger partial charge is 0.486 e. The number of rotatable bonds is 5. The highest BCUT2D eigenvalue weighted by Crippen LogP contribution is 2.31. The number of fused-ring (bicyclic) bond motifs is 2. The number of nitrogens with zero attached hydrogens (tertiary/aromatic N) is 1. The zero-order chi connectivity index (χ0) is 18.6. The number of amides is 1. The number of carbonyl (C=O) groups is 2. The van der Waals surface area contributed by atoms with Crippen molar-refractivity contribution in [2.45, 2.75) is 12.8 Å². The SMILES string of the molecule is O=C(CCC(=O)c1ccc2c(c1)OCCO2)Nc1cnc2ccccc2c1. The fraction of sp³-hybridized carbons (Fsp3) is 0.190. The number of ketones is 1. The van der Waals surface area contributed by atoms with Gasteiger partial charge in [0.15, 0.2) is 17.3 Å². The van der Waals surface area contributed by atoms with Crippen molar-refractivity contribution in [3.63, 3.8) is 0 Å². The van der Waals surface area contributed by atoms with Gasteiger partial charge in [-0.05, 0) is 30.3 Å². The third kappa shape index (κ3) is 3.89. The summed E-state index contributed by atoms with van der Waals surface area (Å²) in [6.07, 6.45) is 1.83. The average molecular weight is 362 g/mol. The summed E-state index contributed by atoms with van der Waals surface area (Å²) in [4.78, 5) is 28.9. The van der Waals surface area contributed by atoms with Crippen LogP contribution in [0.4, 0.5) is 5.69 Å². The van der Waals surface area contributed by atoms with Gasteiger partial charge >= 0.3 is 0 Å². The molecule has 136 valence electrons. The highest BCUT2D eigenvalue weighted by Gasteiger charge is 2.16. The average Bonchev–Trinajstić information content (AvgIpc) is 2.71. The van der Waals surface area contributed by atoms with Crippen molar-refractivity contribution in [1.82, 2.24) is 4.98 Å². The first-order chi connectivity index (χ1) is 13.2. The first kappa shape index (κ1) is 17.0. The number of aromatic nitrogens is 1. The van der Waals surface area contributed by atoms with E-state index in [2.05, 4.69) is 10.3 Å². The summed E-state index contributed by atoms with van der Waals surface area (Å²) in [6.45, 7) is 0.969. The monoisotopic (exact) mass is 362 g/mol. The van der Waals surface area contributed by atoms with E-state index in [-0.39, 0.29) is 24.5 Å². The molecule has 27 heavy (non-hydrogen) atoms. The molecule has 1 aliphatic rings. The van der Waals surface area contributed by atoms with Crippen LogP contribution in [0.3, 0.4) is 0 Å². The minimum Gasteiger partial charge on any atom is -0.486 e. The van der Waals surface area contributed by atoms with E-state index >= 15 is 0 Å². The number of benzene rings is 2. The maximum atomic E-state index is 12.4. The highest BCUT2D eigenvalue weighted by molar-refractivity contribution is 6.00. The van der Waals surface area contributed by atoms with E-state index in [9.17, 15) is 9.59 Å². The molecule has 0 unspecified atom stereocenters. The molecule has 2 aromatic carbocycles. The minimum atomic E-state index is -0.224. The standard InChI is InChI=1S/C21H18N2O4/c24-18(15-5-7-19-20(12-15)27-10-9-26-19)6-8-21(25)23-16-11-14-3-1-2-4-17(14)22-13-16/h1-5,7,11-13H,6,8-10H2,(H,23,25). The van der Waals surface area contributed by atoms with Crippen molar-refractivity contribution >= 4 is 28.3 Å². The van der Waals surface area contributed by atoms with Crippen LogP contribution in [-0.2, 0) is 4.79 Å². The van der Waals surface area contributed by atoms with E-state index < -0.39 is 0 Å². The third-order valence-electron chi connectivity index (χ3n) is 4.32. The molecule has 1 amide bonds. The van der Waals surface area contributed by atoms with Gasteiger partial charge in [0.2, 0.25) is 5.91 Å². The first-order valence-corrected chi connectivity index (χ1v) is 8.76. The van der Waals surface area contributed by atoms with Crippen molar-refractivity contribution in [2.75, 3.05) is 18.5 Å². The second-order valence-corrected chi connectivity index (χ2v) is 6.25. The number of ether oxygens (including phenoxy) is 2. The Balaban J connectivity index is 1.36. The minimum absolute atomic E-state index is 0.0973. The summed E-state index contributed by atoms with van der Waals surface area (Å²) in [7, 11) is 0. The number of hydrogen-bond acceptors (Lipinski definition) is 5. The van der Waals surface area contributed by atoms with E-state index in [0.29, 0.717) is 36.0 Å². The predicted molar refractivity (Wildman–Crippen MR) is 101 cm³/mol. The third-order valence-corrected chi connectivity index (χ3v) is 4.32. The molecule has 6 heteroatoms. The van der Waals surface area contributed by atoms with Crippen molar-refractivity contribution in [1.29, 1.82) is 0 Å². The summed E-state index contributed by atoms with van der Waals surface area (Å²) in [6, 6.07) is 14.6. The van der Waals surface area contributed by atoms with Crippen LogP contribution < -0.4 is 14.8 Å². The van der Waals surface area contributed by atoms with Crippen LogP contribution in [-0.4, -0.2) is 29.9 Å². The lowest BCUT2D eigenvalue weighted by atomic mass is 10.1. The smallest absolute Gasteiger partial charge is 0.224 e. The number of hydrogen-bond donors (Lipinski definition) is 1. The summed E-state index contributed by atoms with van der Waals surface area (Å²) in [5, 5.41) is 3.74. The van der Waals surface area contributed by atoms with Crippen LogP contribution in [0.2, 0.25) is 0 Å². The number of Topliss-reactive ketones (excluding diaryl/α,β-unsaturated/α-hetero) is 1. The molecule has 2 heterocycles. The Morgan fingerprint density at radius 3 is 2.67 bits per heavy atom. The van der Waals surface area contributed by atoms with Crippen LogP contribution in [0.15, 0.2) is 54.7 Å². The van der Waals surface area contributed by atoms with Crippen LogP contribution in [0, 0.1) is 0 Å². The topological polar surface area (TPSA) is 77.5 Å². The number of pyridine rings is 1. The van der Waals surface area contributed by atoms with E-state index in [0.717, 1.165) is 10.9 Å². The first-order valence-electron chi connectivity index (χ1n) is 8.76. The van der Waals surface area contributed by atoms with Gasteiger partial charge in [0, 0.05) is 23.8 Å². The van der Waals surface area contributed by atoms with Gasteiger partial charge in [0.05, 0.1) is 17.4 Å². The Morgan fingerprint density at radius 2 is 1.78 bits per heavy atom. The van der Waals surface area contributed by atoms with Crippen LogP contribution in [0.5, 0.6) is 11.5 Å². The lowest BCUT2D eigenvalue weighted by molar-refractivity contribution is -0.116. The molecule has 4 rings (SSSR count). The lowest BCUT2D eigenvalue weighted by Crippen LogP contribution is -2.16. The van der Waals surface area contributed by atoms with Gasteiger partial charge in [-0.3, -0.25) is 14.6 Å². The van der Waals surface area contributed by atoms with Crippen LogP contribution >= 0.6 is 0 Å². The van der Waals surface area contributed by atoms with Gasteiger partial charge in [-0.1, -0.05) is 18.2 Å². The molecule has 3 aromatic rings. The Hall–Kier alpha value is -3.41. The lowest BCUT2D eigenvalue weighted by Gasteiger charge is -2.18. The number of anilines is 1. The fourth-order valence-corrected chi connectivity index (χ4v) is 2.95. The van der Waals surface area contributed by atoms with Gasteiger partial charge in [-0.15, -0.1) is 0 Å². The number of nitrogens with one attached hydrogen (secondary N) is 1. The van der Waals surface area contributed by atoms with E-state index in [1.165, 1.54) is 0 Å². The molecular weight excluding hydrogens is 344 g/mol. The van der Waals surface area contributed by atoms with Gasteiger partial charge in [-0.2, -0.15) is 0 Å². The molecule has 0 radical (unpaired) electrons. The van der Waals surface area contributed by atoms with Gasteiger partial charge in [0.25, 0.3) is 0 Å². The van der Waals surface area contributed by atoms with Crippen LogP contribution in [0.1, 0.15) is 23.2 Å². The van der Waals surface area contributed by atoms with Crippen LogP contribution in [0.25, 0.3) is 10.9 Å². The number of para-hydroxylation sites is 1. The quantitative estimate of drug-likeness (QED) is 0.702. The van der Waals surface area contributed by atoms with Gasteiger partial charge < -0.3 is 14.8 Å². The molecule has 0 spiro atoms. The van der Waals surface area contributed by atoms with Crippen molar-refractivity contribution in [3.8, 4) is 11.5 Å². The summed E-state index contributed by atoms with van der Waals surface area (Å²) in [5.41, 5.74) is 1.99. The van der Waals surface area contributed by atoms with Gasteiger partial charge in [-0.25, -0.2) is 0 Å². The molecular formula is C21H18N2O4. The number of carbonyl (C=O) groups excluding carboxylic acids is 2. The summed E-state index contributed by atoms with van der Waals surface area (Å²) in [5.74, 6) is 0.870. The molecule has 1 aromatic heterocycles. The molecule has 0 saturated heterocycles. The molecule has 1 N–H and O–H groups in total. The van der Waals surface area contributed by atoms with E-state index in [4.69, 9.17) is 9.47 Å². The summed E-state index contributed by atoms with van der Waals surface area (Å²) < 4.78 is 10.9. The molecule has 6 nitrogen and oxygen atoms in total. The second kappa shape index (κ2) is 7.45. The molecule has 0 atom stereocenters. The maximum absolute atomic E-state index is 12.4. The second-order valence-electron chi connectivity index (χ2n) is 6.25. The molecule has 0 aliphatic carbocycles. The Bertz CT molecular complexity index is 1020. The molecule has 0 fully saturated rings. The van der Waals surface area contributed by atoms with Crippen molar-refractivity contribution < 1.29 is 19.1 Å². The molecule has 0 bridgehead atoms. The van der Waals surface area contributed by atoms with E-state index in [1.807, 2.05) is 30.3 Å². The van der Waals surface area contributed by atoms with Crippen molar-refractivity contribution in [3.05, 3.63) is 60.3 Å². The normalized spacial score (nSPS) is 12.6. The maximum Gasteiger partial charge on any atom is 0.224 e.